The first-order valence-electron chi connectivity index (χ1n) is 7.34. The standard InChI is InChI=1S/C18H15F3N2O/c1-22-15-8-9-23-17(13-5-3-2-4-12(13)15)14-7-6-11(10-16(14)24)18(19,20)21/h2-8,10,22,24H,9H2,1H3. The lowest BCUT2D eigenvalue weighted by Crippen LogP contribution is -2.11. The van der Waals surface area contributed by atoms with E-state index in [1.807, 2.05) is 30.3 Å². The number of fused-ring (bicyclic) bond motifs is 1. The number of nitrogens with one attached hydrogen (secondary N) is 1. The highest BCUT2D eigenvalue weighted by Gasteiger charge is 2.31. The van der Waals surface area contributed by atoms with Crippen molar-refractivity contribution in [3.63, 3.8) is 0 Å². The zero-order valence-electron chi connectivity index (χ0n) is 12.9. The van der Waals surface area contributed by atoms with E-state index in [9.17, 15) is 18.3 Å². The first-order chi connectivity index (χ1) is 11.4. The highest BCUT2D eigenvalue weighted by molar-refractivity contribution is 6.17. The van der Waals surface area contributed by atoms with Crippen molar-refractivity contribution in [3.05, 3.63) is 70.8 Å². The van der Waals surface area contributed by atoms with Crippen molar-refractivity contribution < 1.29 is 18.3 Å². The zero-order valence-corrected chi connectivity index (χ0v) is 12.9. The molecule has 0 unspecified atom stereocenters. The number of nitrogens with zero attached hydrogens (tertiary/aromatic N) is 1. The molecule has 1 aliphatic heterocycles. The van der Waals surface area contributed by atoms with E-state index in [1.165, 1.54) is 6.07 Å². The molecule has 0 saturated carbocycles. The fraction of sp³-hybridized carbons (Fsp3) is 0.167. The van der Waals surface area contributed by atoms with Crippen molar-refractivity contribution in [1.29, 1.82) is 0 Å². The first-order valence-corrected chi connectivity index (χ1v) is 7.34. The van der Waals surface area contributed by atoms with Crippen LogP contribution in [0.5, 0.6) is 5.75 Å². The summed E-state index contributed by atoms with van der Waals surface area (Å²) in [5, 5.41) is 13.2. The molecule has 0 aromatic heterocycles. The Kier molecular flexibility index (Phi) is 4.05. The van der Waals surface area contributed by atoms with Crippen LogP contribution < -0.4 is 5.32 Å². The summed E-state index contributed by atoms with van der Waals surface area (Å²) in [5.74, 6) is -0.439. The topological polar surface area (TPSA) is 44.6 Å². The lowest BCUT2D eigenvalue weighted by molar-refractivity contribution is -0.137. The third-order valence-electron chi connectivity index (χ3n) is 3.87. The van der Waals surface area contributed by atoms with Gasteiger partial charge < -0.3 is 10.4 Å². The van der Waals surface area contributed by atoms with Gasteiger partial charge in [-0.2, -0.15) is 13.2 Å². The van der Waals surface area contributed by atoms with Crippen molar-refractivity contribution in [2.24, 2.45) is 4.99 Å². The van der Waals surface area contributed by atoms with Gasteiger partial charge in [0.1, 0.15) is 5.75 Å². The molecule has 3 rings (SSSR count). The van der Waals surface area contributed by atoms with Gasteiger partial charge in [0.25, 0.3) is 0 Å². The van der Waals surface area contributed by atoms with Gasteiger partial charge in [0, 0.05) is 29.4 Å². The Morgan fingerprint density at radius 2 is 1.75 bits per heavy atom. The van der Waals surface area contributed by atoms with E-state index in [0.717, 1.165) is 29.0 Å². The van der Waals surface area contributed by atoms with E-state index in [4.69, 9.17) is 0 Å². The highest BCUT2D eigenvalue weighted by Crippen LogP contribution is 2.34. The Hall–Kier alpha value is -2.76. The van der Waals surface area contributed by atoms with Gasteiger partial charge >= 0.3 is 6.18 Å². The molecule has 0 amide bonds. The van der Waals surface area contributed by atoms with Gasteiger partial charge in [0.15, 0.2) is 0 Å². The fourth-order valence-corrected chi connectivity index (χ4v) is 2.72. The third-order valence-corrected chi connectivity index (χ3v) is 3.87. The zero-order chi connectivity index (χ0) is 17.3. The average Bonchev–Trinajstić information content (AvgIpc) is 2.73. The van der Waals surface area contributed by atoms with Crippen LogP contribution in [0.4, 0.5) is 13.2 Å². The fourth-order valence-electron chi connectivity index (χ4n) is 2.72. The maximum Gasteiger partial charge on any atom is 0.416 e. The summed E-state index contributed by atoms with van der Waals surface area (Å²) < 4.78 is 38.4. The van der Waals surface area contributed by atoms with E-state index >= 15 is 0 Å². The molecule has 2 aromatic rings. The van der Waals surface area contributed by atoms with Crippen LogP contribution in [0.2, 0.25) is 0 Å². The molecule has 24 heavy (non-hydrogen) atoms. The summed E-state index contributed by atoms with van der Waals surface area (Å²) in [6, 6.07) is 10.4. The first kappa shape index (κ1) is 16.1. The normalized spacial score (nSPS) is 14.3. The van der Waals surface area contributed by atoms with Gasteiger partial charge in [-0.3, -0.25) is 4.99 Å². The molecule has 0 fully saturated rings. The SMILES string of the molecule is CNC1=CCN=C(c2ccc(C(F)(F)F)cc2O)c2ccccc21. The molecule has 0 radical (unpaired) electrons. The number of alkyl halides is 3. The Balaban J connectivity index is 2.12. The maximum atomic E-state index is 12.8. The minimum atomic E-state index is -4.50. The van der Waals surface area contributed by atoms with Gasteiger partial charge in [-0.25, -0.2) is 0 Å². The third kappa shape index (κ3) is 2.87. The Labute approximate surface area is 137 Å². The van der Waals surface area contributed by atoms with Crippen molar-refractivity contribution in [2.75, 3.05) is 13.6 Å². The molecule has 2 N–H and O–H groups in total. The highest BCUT2D eigenvalue weighted by atomic mass is 19.4. The van der Waals surface area contributed by atoms with E-state index in [-0.39, 0.29) is 5.56 Å². The Morgan fingerprint density at radius 1 is 1.04 bits per heavy atom. The van der Waals surface area contributed by atoms with Crippen molar-refractivity contribution in [2.45, 2.75) is 6.18 Å². The molecule has 0 spiro atoms. The number of hydrogen-bond donors (Lipinski definition) is 2. The van der Waals surface area contributed by atoms with Crippen molar-refractivity contribution >= 4 is 11.4 Å². The number of phenolic OH excluding ortho intramolecular Hbond substituents is 1. The molecular formula is C18H15F3N2O. The van der Waals surface area contributed by atoms with Gasteiger partial charge in [-0.1, -0.05) is 24.3 Å². The molecule has 0 saturated heterocycles. The number of halogens is 3. The van der Waals surface area contributed by atoms with Crippen molar-refractivity contribution in [3.8, 4) is 5.75 Å². The van der Waals surface area contributed by atoms with Crippen LogP contribution in [0.25, 0.3) is 5.70 Å². The van der Waals surface area contributed by atoms with Crippen LogP contribution in [-0.2, 0) is 6.18 Å². The summed E-state index contributed by atoms with van der Waals surface area (Å²) in [4.78, 5) is 4.44. The number of rotatable bonds is 2. The maximum absolute atomic E-state index is 12.8. The van der Waals surface area contributed by atoms with Crippen LogP contribution >= 0.6 is 0 Å². The average molecular weight is 332 g/mol. The van der Waals surface area contributed by atoms with Crippen LogP contribution in [0.15, 0.2) is 53.5 Å². The smallest absolute Gasteiger partial charge is 0.416 e. The number of hydrogen-bond acceptors (Lipinski definition) is 3. The van der Waals surface area contributed by atoms with Gasteiger partial charge in [-0.05, 0) is 24.3 Å². The monoisotopic (exact) mass is 332 g/mol. The molecule has 2 aromatic carbocycles. The number of aromatic hydroxyl groups is 1. The molecule has 124 valence electrons. The summed E-state index contributed by atoms with van der Waals surface area (Å²) in [6.07, 6.45) is -2.60. The molecule has 0 atom stereocenters. The van der Waals surface area contributed by atoms with Crippen molar-refractivity contribution in [1.82, 2.24) is 5.32 Å². The lowest BCUT2D eigenvalue weighted by Gasteiger charge is -2.15. The summed E-state index contributed by atoms with van der Waals surface area (Å²) in [6.45, 7) is 0.362. The van der Waals surface area contributed by atoms with Gasteiger partial charge in [0.2, 0.25) is 0 Å². The Morgan fingerprint density at radius 3 is 2.38 bits per heavy atom. The molecule has 1 heterocycles. The van der Waals surface area contributed by atoms with Crippen LogP contribution in [-0.4, -0.2) is 24.4 Å². The molecular weight excluding hydrogens is 317 g/mol. The van der Waals surface area contributed by atoms with E-state index in [1.54, 1.807) is 7.05 Å². The van der Waals surface area contributed by atoms with Crippen LogP contribution in [0, 0.1) is 0 Å². The summed E-state index contributed by atoms with van der Waals surface area (Å²) >= 11 is 0. The predicted octanol–water partition coefficient (Wildman–Crippen LogP) is 3.82. The van der Waals surface area contributed by atoms with E-state index in [2.05, 4.69) is 10.3 Å². The Bertz CT molecular complexity index is 838. The molecule has 3 nitrogen and oxygen atoms in total. The predicted molar refractivity (Wildman–Crippen MR) is 87.1 cm³/mol. The van der Waals surface area contributed by atoms with E-state index < -0.39 is 17.5 Å². The molecule has 1 aliphatic rings. The summed E-state index contributed by atoms with van der Waals surface area (Å²) in [5.41, 5.74) is 2.39. The molecule has 0 aliphatic carbocycles. The number of benzene rings is 2. The lowest BCUT2D eigenvalue weighted by atomic mass is 9.95. The van der Waals surface area contributed by atoms with Gasteiger partial charge in [0.05, 0.1) is 17.8 Å². The second-order valence-corrected chi connectivity index (χ2v) is 5.33. The second kappa shape index (κ2) is 6.03. The number of aliphatic imine (C=N–C) groups is 1. The second-order valence-electron chi connectivity index (χ2n) is 5.33. The minimum absolute atomic E-state index is 0.279. The number of phenols is 1. The minimum Gasteiger partial charge on any atom is -0.507 e. The molecule has 0 bridgehead atoms. The van der Waals surface area contributed by atoms with Crippen LogP contribution in [0.3, 0.4) is 0 Å². The van der Waals surface area contributed by atoms with E-state index in [0.29, 0.717) is 12.3 Å². The van der Waals surface area contributed by atoms with Crippen LogP contribution in [0.1, 0.15) is 22.3 Å². The summed E-state index contributed by atoms with van der Waals surface area (Å²) in [7, 11) is 1.79. The van der Waals surface area contributed by atoms with Gasteiger partial charge in [-0.15, -0.1) is 0 Å². The molecule has 6 heteroatoms. The largest absolute Gasteiger partial charge is 0.507 e. The quantitative estimate of drug-likeness (QED) is 0.878.